The quantitative estimate of drug-likeness (QED) is 0.162. The molecule has 0 aromatic rings. The molecule has 42 heavy (non-hydrogen) atoms. The molecule has 0 saturated heterocycles. The van der Waals surface area contributed by atoms with Crippen LogP contribution in [0.5, 0.6) is 0 Å². The zero-order valence-electron chi connectivity index (χ0n) is 24.7. The minimum Gasteiger partial charge on any atom is -0.393 e. The van der Waals surface area contributed by atoms with Gasteiger partial charge >= 0.3 is 12.4 Å². The van der Waals surface area contributed by atoms with Crippen LogP contribution in [0.15, 0.2) is 47.6 Å². The van der Waals surface area contributed by atoms with Crippen LogP contribution in [-0.4, -0.2) is 56.2 Å². The highest BCUT2D eigenvalue weighted by molar-refractivity contribution is 5.38. The molecule has 0 spiro atoms. The average Bonchev–Trinajstić information content (AvgIpc) is 3.19. The van der Waals surface area contributed by atoms with E-state index < -0.39 is 35.8 Å². The Bertz CT molecular complexity index is 1040. The van der Waals surface area contributed by atoms with Crippen molar-refractivity contribution in [1.82, 2.24) is 0 Å². The monoisotopic (exact) mass is 608 g/mol. The Morgan fingerprint density at radius 1 is 1.02 bits per heavy atom. The Morgan fingerprint density at radius 2 is 1.67 bits per heavy atom. The molecule has 0 heterocycles. The average molecular weight is 609 g/mol. The number of hydrogen-bond acceptors (Lipinski definition) is 4. The van der Waals surface area contributed by atoms with E-state index in [2.05, 4.69) is 13.5 Å². The molecule has 0 amide bonds. The van der Waals surface area contributed by atoms with Gasteiger partial charge < -0.3 is 20.4 Å². The molecule has 10 heteroatoms. The van der Waals surface area contributed by atoms with Crippen molar-refractivity contribution in [3.05, 3.63) is 47.6 Å². The third-order valence-corrected chi connectivity index (χ3v) is 9.90. The fraction of sp³-hybridized carbons (Fsp3) is 0.750. The van der Waals surface area contributed by atoms with Crippen LogP contribution in [0.2, 0.25) is 0 Å². The lowest BCUT2D eigenvalue weighted by Crippen LogP contribution is -2.55. The zero-order valence-corrected chi connectivity index (χ0v) is 24.7. The van der Waals surface area contributed by atoms with Gasteiger partial charge in [0.05, 0.1) is 17.8 Å². The fourth-order valence-electron chi connectivity index (χ4n) is 7.56. The number of halogens is 6. The summed E-state index contributed by atoms with van der Waals surface area (Å²) >= 11 is 0. The van der Waals surface area contributed by atoms with Crippen molar-refractivity contribution in [1.29, 1.82) is 0 Å². The molecule has 0 aliphatic heterocycles. The topological polar surface area (TPSA) is 80.9 Å². The summed E-state index contributed by atoms with van der Waals surface area (Å²) in [7, 11) is 0. The summed E-state index contributed by atoms with van der Waals surface area (Å²) in [5, 5.41) is 40.1. The van der Waals surface area contributed by atoms with Crippen LogP contribution in [0.1, 0.15) is 91.4 Å². The van der Waals surface area contributed by atoms with Gasteiger partial charge in [-0.3, -0.25) is 0 Å². The van der Waals surface area contributed by atoms with Crippen molar-refractivity contribution in [2.45, 2.75) is 127 Å². The van der Waals surface area contributed by atoms with Crippen LogP contribution in [-0.2, 0) is 0 Å². The van der Waals surface area contributed by atoms with Gasteiger partial charge in [0.15, 0.2) is 0 Å². The van der Waals surface area contributed by atoms with E-state index in [-0.39, 0.29) is 42.1 Å². The molecule has 0 aromatic carbocycles. The highest BCUT2D eigenvalue weighted by atomic mass is 19.4. The Labute approximate surface area is 244 Å². The summed E-state index contributed by atoms with van der Waals surface area (Å²) in [6, 6.07) is 0. The molecule has 3 fully saturated rings. The first kappa shape index (κ1) is 34.9. The highest BCUT2D eigenvalue weighted by Gasteiger charge is 2.69. The van der Waals surface area contributed by atoms with E-state index in [4.69, 9.17) is 0 Å². The molecule has 6 atom stereocenters. The lowest BCUT2D eigenvalue weighted by molar-refractivity contribution is -0.347. The zero-order chi connectivity index (χ0) is 31.7. The molecule has 0 unspecified atom stereocenters. The Balaban J connectivity index is 1.87. The summed E-state index contributed by atoms with van der Waals surface area (Å²) in [6.07, 6.45) is -2.24. The Kier molecular flexibility index (Phi) is 10.6. The molecule has 3 saturated carbocycles. The first-order chi connectivity index (χ1) is 19.2. The van der Waals surface area contributed by atoms with Crippen LogP contribution < -0.4 is 0 Å². The highest BCUT2D eigenvalue weighted by Crippen LogP contribution is 2.60. The van der Waals surface area contributed by atoms with Gasteiger partial charge in [-0.2, -0.15) is 26.3 Å². The maximum Gasteiger partial charge on any atom is 0.429 e. The molecule has 4 nitrogen and oxygen atoms in total. The molecular weight excluding hydrogens is 562 g/mol. The molecule has 3 rings (SSSR count). The second-order valence-electron chi connectivity index (χ2n) is 13.5. The molecule has 0 bridgehead atoms. The van der Waals surface area contributed by atoms with Crippen LogP contribution >= 0.6 is 0 Å². The minimum absolute atomic E-state index is 0.0310. The molecule has 3 aliphatic carbocycles. The maximum absolute atomic E-state index is 13.3. The van der Waals surface area contributed by atoms with Crippen molar-refractivity contribution in [3.63, 3.8) is 0 Å². The van der Waals surface area contributed by atoms with Gasteiger partial charge in [-0.05, 0) is 112 Å². The van der Waals surface area contributed by atoms with E-state index in [0.29, 0.717) is 31.3 Å². The normalized spacial score (nSPS) is 32.6. The largest absolute Gasteiger partial charge is 0.429 e. The second kappa shape index (κ2) is 12.8. The number of aliphatic hydroxyl groups excluding tert-OH is 2. The van der Waals surface area contributed by atoms with Crippen molar-refractivity contribution >= 4 is 0 Å². The van der Waals surface area contributed by atoms with Gasteiger partial charge in [-0.25, -0.2) is 0 Å². The number of fused-ring (bicyclic) bond motifs is 1. The molecule has 4 N–H and O–H groups in total. The van der Waals surface area contributed by atoms with E-state index in [1.54, 1.807) is 13.8 Å². The van der Waals surface area contributed by atoms with E-state index in [1.807, 2.05) is 12.2 Å². The van der Waals surface area contributed by atoms with E-state index in [0.717, 1.165) is 43.8 Å². The van der Waals surface area contributed by atoms with Crippen LogP contribution in [0.4, 0.5) is 26.3 Å². The number of alkyl halides is 6. The van der Waals surface area contributed by atoms with Gasteiger partial charge in [0, 0.05) is 6.42 Å². The lowest BCUT2D eigenvalue weighted by Gasteiger charge is -2.45. The SMILES string of the molecule is C=C1/C(=C\C=C2/CCC[C@]3(C)[C@@H]([C@@H](C/C=C\C(O)(C(F)(F)F)C(F)(F)F)CCCC(C)(C)O)CC[C@@H]23)C[C@@H](O)C[C@@H]1O. The molecule has 0 aromatic heterocycles. The van der Waals surface area contributed by atoms with Gasteiger partial charge in [-0.1, -0.05) is 43.7 Å². The van der Waals surface area contributed by atoms with Crippen molar-refractivity contribution in [3.8, 4) is 0 Å². The number of rotatable bonds is 9. The van der Waals surface area contributed by atoms with Crippen LogP contribution in [0.25, 0.3) is 0 Å². The number of hydrogen-bond donors (Lipinski definition) is 4. The summed E-state index contributed by atoms with van der Waals surface area (Å²) in [5.41, 5.74) is -3.48. The fourth-order valence-corrected chi connectivity index (χ4v) is 7.56. The summed E-state index contributed by atoms with van der Waals surface area (Å²) < 4.78 is 79.6. The van der Waals surface area contributed by atoms with Gasteiger partial charge in [0.25, 0.3) is 5.60 Å². The van der Waals surface area contributed by atoms with Gasteiger partial charge in [0.1, 0.15) is 0 Å². The maximum atomic E-state index is 13.3. The van der Waals surface area contributed by atoms with Gasteiger partial charge in [0.2, 0.25) is 0 Å². The van der Waals surface area contributed by atoms with Crippen LogP contribution in [0.3, 0.4) is 0 Å². The third-order valence-electron chi connectivity index (χ3n) is 9.90. The molecule has 240 valence electrons. The lowest BCUT2D eigenvalue weighted by atomic mass is 9.60. The Hall–Kier alpha value is -1.62. The van der Waals surface area contributed by atoms with Crippen molar-refractivity contribution in [2.75, 3.05) is 0 Å². The van der Waals surface area contributed by atoms with Gasteiger partial charge in [-0.15, -0.1) is 0 Å². The molecule has 0 radical (unpaired) electrons. The first-order valence-corrected chi connectivity index (χ1v) is 14.9. The summed E-state index contributed by atoms with van der Waals surface area (Å²) in [5.74, 6) is -0.0169. The summed E-state index contributed by atoms with van der Waals surface area (Å²) in [4.78, 5) is 0. The van der Waals surface area contributed by atoms with Crippen molar-refractivity contribution in [2.24, 2.45) is 23.2 Å². The van der Waals surface area contributed by atoms with E-state index in [1.165, 1.54) is 5.57 Å². The minimum atomic E-state index is -5.91. The number of aliphatic hydroxyl groups is 4. The third kappa shape index (κ3) is 7.71. The second-order valence-corrected chi connectivity index (χ2v) is 13.5. The summed E-state index contributed by atoms with van der Waals surface area (Å²) in [6.45, 7) is 9.45. The first-order valence-electron chi connectivity index (χ1n) is 14.9. The Morgan fingerprint density at radius 3 is 2.26 bits per heavy atom. The van der Waals surface area contributed by atoms with Crippen molar-refractivity contribution < 1.29 is 46.8 Å². The smallest absolute Gasteiger partial charge is 0.393 e. The predicted octanol–water partition coefficient (Wildman–Crippen LogP) is 7.49. The molecule has 3 aliphatic rings. The molecular formula is C32H46F6O4. The predicted molar refractivity (Wildman–Crippen MR) is 149 cm³/mol. The van der Waals surface area contributed by atoms with E-state index in [9.17, 15) is 46.8 Å². The van der Waals surface area contributed by atoms with Crippen LogP contribution in [0, 0.1) is 23.2 Å². The number of allylic oxidation sites excluding steroid dienone is 4. The van der Waals surface area contributed by atoms with E-state index >= 15 is 0 Å². The standard InChI is InChI=1S/C32H46F6O4/c1-20-23(18-24(39)19-27(20)40)12-11-22-9-6-16-29(4)25(13-14-26(22)29)21(8-5-15-28(2,3)41)10-7-17-30(42,31(33,34)35)32(36,37)38/h7,11-12,17,21,24-27,39-42H,1,5-6,8-10,13-16,18-19H2,2-4H3/b17-7-,22-11+,23-12-/t21-,24-,25-,26+,27+,29-/m1/s1.